The van der Waals surface area contributed by atoms with Gasteiger partial charge >= 0.3 is 0 Å². The van der Waals surface area contributed by atoms with E-state index in [-0.39, 0.29) is 23.3 Å². The van der Waals surface area contributed by atoms with Gasteiger partial charge in [-0.3, -0.25) is 19.2 Å². The van der Waals surface area contributed by atoms with E-state index < -0.39 is 0 Å². The van der Waals surface area contributed by atoms with Gasteiger partial charge in [0.15, 0.2) is 0 Å². The molecule has 1 fully saturated rings. The lowest BCUT2D eigenvalue weighted by atomic mass is 9.99. The van der Waals surface area contributed by atoms with Crippen molar-refractivity contribution in [1.29, 1.82) is 0 Å². The molecular weight excluding hydrogens is 542 g/mol. The summed E-state index contributed by atoms with van der Waals surface area (Å²) in [6.07, 6.45) is 3.62. The fourth-order valence-corrected chi connectivity index (χ4v) is 6.24. The maximum absolute atomic E-state index is 13.9. The zero-order chi connectivity index (χ0) is 30.1. The maximum Gasteiger partial charge on any atom is 0.258 e. The average molecular weight is 580 g/mol. The summed E-state index contributed by atoms with van der Waals surface area (Å²) in [6, 6.07) is 18.5. The molecule has 2 aliphatic heterocycles. The van der Waals surface area contributed by atoms with Gasteiger partial charge < -0.3 is 20.0 Å². The number of amides is 2. The molecule has 6 rings (SSSR count). The van der Waals surface area contributed by atoms with Crippen LogP contribution in [0.3, 0.4) is 0 Å². The largest absolute Gasteiger partial charge is 0.508 e. The molecule has 3 aromatic carbocycles. The van der Waals surface area contributed by atoms with Crippen molar-refractivity contribution in [2.75, 3.05) is 31.1 Å². The van der Waals surface area contributed by atoms with Crippen molar-refractivity contribution in [1.82, 2.24) is 19.6 Å². The number of aromatic hydroxyl groups is 2. The monoisotopic (exact) mass is 579 g/mol. The summed E-state index contributed by atoms with van der Waals surface area (Å²) in [4.78, 5) is 32.9. The van der Waals surface area contributed by atoms with Crippen LogP contribution in [-0.2, 0) is 37.8 Å². The van der Waals surface area contributed by atoms with Gasteiger partial charge in [-0.1, -0.05) is 24.3 Å². The zero-order valence-corrected chi connectivity index (χ0v) is 24.7. The third-order valence-corrected chi connectivity index (χ3v) is 8.65. The SMILES string of the molecule is Cc1cc(C(=O)N2Cc3cnn(C)c3Cc3ccccc32)ccc1CCC(=O)N1CCN(Cc2cc(O)cc(O)c2)CC1. The Morgan fingerprint density at radius 1 is 0.907 bits per heavy atom. The van der Waals surface area contributed by atoms with Gasteiger partial charge in [0, 0.05) is 81.2 Å². The summed E-state index contributed by atoms with van der Waals surface area (Å²) in [7, 11) is 1.94. The Morgan fingerprint density at radius 3 is 2.40 bits per heavy atom. The number of hydrogen-bond acceptors (Lipinski definition) is 6. The minimum Gasteiger partial charge on any atom is -0.508 e. The van der Waals surface area contributed by atoms with E-state index in [2.05, 4.69) is 16.1 Å². The molecule has 43 heavy (non-hydrogen) atoms. The third kappa shape index (κ3) is 6.12. The molecule has 9 nitrogen and oxygen atoms in total. The van der Waals surface area contributed by atoms with Gasteiger partial charge in [-0.2, -0.15) is 5.10 Å². The molecule has 1 aromatic heterocycles. The molecule has 2 amide bonds. The van der Waals surface area contributed by atoms with Crippen LogP contribution in [-0.4, -0.2) is 67.8 Å². The summed E-state index contributed by atoms with van der Waals surface area (Å²) < 4.78 is 1.89. The van der Waals surface area contributed by atoms with Crippen LogP contribution >= 0.6 is 0 Å². The van der Waals surface area contributed by atoms with Crippen molar-refractivity contribution in [2.24, 2.45) is 7.05 Å². The van der Waals surface area contributed by atoms with Crippen LogP contribution in [0.15, 0.2) is 66.9 Å². The molecule has 0 radical (unpaired) electrons. The highest BCUT2D eigenvalue weighted by atomic mass is 16.3. The van der Waals surface area contributed by atoms with Crippen molar-refractivity contribution in [3.05, 3.63) is 106 Å². The second-order valence-electron chi connectivity index (χ2n) is 11.6. The van der Waals surface area contributed by atoms with Crippen LogP contribution in [0.5, 0.6) is 11.5 Å². The van der Waals surface area contributed by atoms with E-state index in [1.165, 1.54) is 6.07 Å². The van der Waals surface area contributed by atoms with E-state index in [0.29, 0.717) is 44.6 Å². The van der Waals surface area contributed by atoms with Gasteiger partial charge in [0.1, 0.15) is 11.5 Å². The maximum atomic E-state index is 13.9. The number of piperazine rings is 1. The van der Waals surface area contributed by atoms with Gasteiger partial charge in [0.25, 0.3) is 5.91 Å². The summed E-state index contributed by atoms with van der Waals surface area (Å²) in [5, 5.41) is 23.9. The number of para-hydroxylation sites is 1. The fourth-order valence-electron chi connectivity index (χ4n) is 6.24. The van der Waals surface area contributed by atoms with Crippen LogP contribution in [0.25, 0.3) is 0 Å². The van der Waals surface area contributed by atoms with Gasteiger partial charge in [0.05, 0.1) is 12.7 Å². The highest BCUT2D eigenvalue weighted by Crippen LogP contribution is 2.32. The highest BCUT2D eigenvalue weighted by Gasteiger charge is 2.27. The summed E-state index contributed by atoms with van der Waals surface area (Å²) in [5.74, 6) is 0.176. The lowest BCUT2D eigenvalue weighted by molar-refractivity contribution is -0.133. The number of benzene rings is 3. The zero-order valence-electron chi connectivity index (χ0n) is 24.7. The molecule has 3 heterocycles. The van der Waals surface area contributed by atoms with Crippen molar-refractivity contribution >= 4 is 17.5 Å². The minimum atomic E-state index is -0.0475. The van der Waals surface area contributed by atoms with E-state index in [4.69, 9.17) is 0 Å². The Bertz CT molecular complexity index is 1650. The number of rotatable bonds is 6. The number of nitrogens with zero attached hydrogens (tertiary/aromatic N) is 5. The van der Waals surface area contributed by atoms with Crippen LogP contribution in [0.1, 0.15) is 50.3 Å². The molecule has 0 aliphatic carbocycles. The topological polar surface area (TPSA) is 102 Å². The molecule has 0 spiro atoms. The first kappa shape index (κ1) is 28.5. The van der Waals surface area contributed by atoms with E-state index in [0.717, 1.165) is 58.7 Å². The summed E-state index contributed by atoms with van der Waals surface area (Å²) >= 11 is 0. The van der Waals surface area contributed by atoms with E-state index >= 15 is 0 Å². The van der Waals surface area contributed by atoms with Gasteiger partial charge in [-0.25, -0.2) is 0 Å². The van der Waals surface area contributed by atoms with Crippen LogP contribution in [0.4, 0.5) is 5.69 Å². The second kappa shape index (κ2) is 11.9. The molecular formula is C34H37N5O4. The molecule has 0 bridgehead atoms. The quantitative estimate of drug-likeness (QED) is 0.356. The number of fused-ring (bicyclic) bond motifs is 2. The van der Waals surface area contributed by atoms with Crippen molar-refractivity contribution < 1.29 is 19.8 Å². The lowest BCUT2D eigenvalue weighted by Crippen LogP contribution is -2.48. The molecule has 9 heteroatoms. The first-order valence-electron chi connectivity index (χ1n) is 14.8. The van der Waals surface area contributed by atoms with E-state index in [9.17, 15) is 19.8 Å². The second-order valence-corrected chi connectivity index (χ2v) is 11.6. The Kier molecular flexibility index (Phi) is 7.90. The molecule has 0 saturated carbocycles. The van der Waals surface area contributed by atoms with Crippen LogP contribution in [0.2, 0.25) is 0 Å². The number of carbonyl (C=O) groups is 2. The van der Waals surface area contributed by atoms with Gasteiger partial charge in [0.2, 0.25) is 5.91 Å². The Balaban J connectivity index is 1.07. The standard InChI is InChI=1S/C34H37N5O4/c1-23-15-27(34(43)39-22-28-20-35-36(2)32(28)18-26-5-3-4-6-31(26)39)8-7-25(23)9-10-33(42)38-13-11-37(12-14-38)21-24-16-29(40)19-30(41)17-24/h3-8,15-17,19-20,40-41H,9-14,18,21-22H2,1-2H3. The Hall–Kier alpha value is -4.63. The van der Waals surface area contributed by atoms with Crippen molar-refractivity contribution in [3.63, 3.8) is 0 Å². The average Bonchev–Trinajstić information content (AvgIpc) is 3.23. The normalized spacial score (nSPS) is 15.1. The number of aromatic nitrogens is 2. The number of phenols is 2. The number of aryl methyl sites for hydroxylation is 3. The molecule has 4 aromatic rings. The molecule has 222 valence electrons. The first-order chi connectivity index (χ1) is 20.7. The minimum absolute atomic E-state index is 0.0475. The van der Waals surface area contributed by atoms with Crippen LogP contribution in [0, 0.1) is 6.92 Å². The number of phenolic OH excluding ortho intramolecular Hbond substituents is 2. The third-order valence-electron chi connectivity index (χ3n) is 8.65. The number of hydrogen-bond donors (Lipinski definition) is 2. The first-order valence-corrected chi connectivity index (χ1v) is 14.8. The highest BCUT2D eigenvalue weighted by molar-refractivity contribution is 6.06. The molecule has 2 N–H and O–H groups in total. The Morgan fingerprint density at radius 2 is 1.65 bits per heavy atom. The summed E-state index contributed by atoms with van der Waals surface area (Å²) in [6.45, 7) is 5.84. The predicted molar refractivity (Wildman–Crippen MR) is 164 cm³/mol. The van der Waals surface area contributed by atoms with Gasteiger partial charge in [-0.15, -0.1) is 0 Å². The summed E-state index contributed by atoms with van der Waals surface area (Å²) in [5.41, 5.74) is 7.75. The smallest absolute Gasteiger partial charge is 0.258 e. The molecule has 1 saturated heterocycles. The van der Waals surface area contributed by atoms with Crippen molar-refractivity contribution in [2.45, 2.75) is 39.3 Å². The Labute approximate surface area is 251 Å². The van der Waals surface area contributed by atoms with Crippen molar-refractivity contribution in [3.8, 4) is 11.5 Å². The number of anilines is 1. The van der Waals surface area contributed by atoms with Crippen LogP contribution < -0.4 is 4.90 Å². The van der Waals surface area contributed by atoms with E-state index in [1.54, 1.807) is 12.1 Å². The predicted octanol–water partition coefficient (Wildman–Crippen LogP) is 4.17. The lowest BCUT2D eigenvalue weighted by Gasteiger charge is -2.35. The molecule has 2 aliphatic rings. The molecule has 0 unspecified atom stereocenters. The number of carbonyl (C=O) groups excluding carboxylic acids is 2. The fraction of sp³-hybridized carbons (Fsp3) is 0.324. The molecule has 0 atom stereocenters. The van der Waals surface area contributed by atoms with E-state index in [1.807, 2.05) is 71.0 Å². The van der Waals surface area contributed by atoms with Gasteiger partial charge in [-0.05, 0) is 65.9 Å².